The number of hydrogen-bond acceptors (Lipinski definition) is 3. The Morgan fingerprint density at radius 3 is 2.74 bits per heavy atom. The third-order valence-corrected chi connectivity index (χ3v) is 3.33. The van der Waals surface area contributed by atoms with Crippen LogP contribution in [0.3, 0.4) is 0 Å². The molecule has 0 unspecified atom stereocenters. The van der Waals surface area contributed by atoms with Crippen LogP contribution in [0.4, 0.5) is 4.39 Å². The maximum absolute atomic E-state index is 13.2. The Morgan fingerprint density at radius 2 is 2.11 bits per heavy atom. The van der Waals surface area contributed by atoms with E-state index in [0.29, 0.717) is 6.61 Å². The van der Waals surface area contributed by atoms with Crippen molar-refractivity contribution in [2.24, 2.45) is 5.73 Å². The standard InChI is InChI=1S/C13H19FN2O.2ClH/c1-17-6-5-16-8-12(13(15)9-16)10-3-2-4-11(14)7-10;;/h2-4,7,12-13H,5-6,8-9,15H2,1H3;2*1H/t12-,13+;;/m0../s1. The Kier molecular flexibility index (Phi) is 8.54. The van der Waals surface area contributed by atoms with Crippen LogP contribution in [-0.2, 0) is 4.74 Å². The number of likely N-dealkylation sites (tertiary alicyclic amines) is 1. The van der Waals surface area contributed by atoms with Crippen LogP contribution >= 0.6 is 24.8 Å². The lowest BCUT2D eigenvalue weighted by atomic mass is 9.95. The highest BCUT2D eigenvalue weighted by atomic mass is 35.5. The number of methoxy groups -OCH3 is 1. The summed E-state index contributed by atoms with van der Waals surface area (Å²) in [6.45, 7) is 3.33. The first-order valence-electron chi connectivity index (χ1n) is 5.93. The number of halogens is 3. The fourth-order valence-electron chi connectivity index (χ4n) is 2.41. The van der Waals surface area contributed by atoms with Gasteiger partial charge in [0, 0.05) is 38.7 Å². The first kappa shape index (κ1) is 18.6. The number of nitrogens with two attached hydrogens (primary N) is 1. The van der Waals surface area contributed by atoms with Gasteiger partial charge >= 0.3 is 0 Å². The minimum absolute atomic E-state index is 0. The van der Waals surface area contributed by atoms with Crippen molar-refractivity contribution in [3.8, 4) is 0 Å². The summed E-state index contributed by atoms with van der Waals surface area (Å²) >= 11 is 0. The van der Waals surface area contributed by atoms with Crippen molar-refractivity contribution in [3.05, 3.63) is 35.6 Å². The summed E-state index contributed by atoms with van der Waals surface area (Å²) < 4.78 is 18.2. The number of ether oxygens (including phenoxy) is 1. The molecule has 1 aliphatic rings. The summed E-state index contributed by atoms with van der Waals surface area (Å²) in [5.74, 6) is 0.0348. The second-order valence-electron chi connectivity index (χ2n) is 4.58. The lowest BCUT2D eigenvalue weighted by Gasteiger charge is -2.15. The average molecular weight is 311 g/mol. The van der Waals surface area contributed by atoms with E-state index in [-0.39, 0.29) is 42.6 Å². The Morgan fingerprint density at radius 1 is 1.37 bits per heavy atom. The van der Waals surface area contributed by atoms with Crippen molar-refractivity contribution >= 4 is 24.8 Å². The molecule has 1 saturated heterocycles. The Bertz CT molecular complexity index is 381. The van der Waals surface area contributed by atoms with E-state index in [0.717, 1.165) is 25.2 Å². The predicted molar refractivity (Wildman–Crippen MR) is 79.9 cm³/mol. The summed E-state index contributed by atoms with van der Waals surface area (Å²) in [5, 5.41) is 0. The molecule has 110 valence electrons. The van der Waals surface area contributed by atoms with Gasteiger partial charge in [-0.05, 0) is 17.7 Å². The third-order valence-electron chi connectivity index (χ3n) is 3.33. The molecular formula is C13H21Cl2FN2O. The zero-order chi connectivity index (χ0) is 12.3. The van der Waals surface area contributed by atoms with E-state index in [9.17, 15) is 4.39 Å². The minimum atomic E-state index is -0.190. The first-order valence-corrected chi connectivity index (χ1v) is 5.93. The van der Waals surface area contributed by atoms with Gasteiger partial charge in [-0.25, -0.2) is 4.39 Å². The molecule has 2 atom stereocenters. The van der Waals surface area contributed by atoms with E-state index in [1.807, 2.05) is 6.07 Å². The van der Waals surface area contributed by atoms with Crippen LogP contribution in [-0.4, -0.2) is 44.3 Å². The largest absolute Gasteiger partial charge is 0.383 e. The van der Waals surface area contributed by atoms with E-state index in [2.05, 4.69) is 4.90 Å². The molecular weight excluding hydrogens is 290 g/mol. The smallest absolute Gasteiger partial charge is 0.123 e. The van der Waals surface area contributed by atoms with Crippen LogP contribution in [0.25, 0.3) is 0 Å². The average Bonchev–Trinajstić information content (AvgIpc) is 2.68. The van der Waals surface area contributed by atoms with Crippen LogP contribution in [0.5, 0.6) is 0 Å². The van der Waals surface area contributed by atoms with Gasteiger partial charge in [-0.3, -0.25) is 4.90 Å². The highest BCUT2D eigenvalue weighted by molar-refractivity contribution is 5.85. The van der Waals surface area contributed by atoms with Crippen molar-refractivity contribution in [1.82, 2.24) is 4.90 Å². The molecule has 0 saturated carbocycles. The van der Waals surface area contributed by atoms with Crippen LogP contribution in [0, 0.1) is 5.82 Å². The second-order valence-corrected chi connectivity index (χ2v) is 4.58. The Labute approximate surface area is 126 Å². The molecule has 1 fully saturated rings. The SMILES string of the molecule is COCCN1C[C@@H](N)[C@H](c2cccc(F)c2)C1.Cl.Cl. The monoisotopic (exact) mass is 310 g/mol. The van der Waals surface area contributed by atoms with Crippen molar-refractivity contribution < 1.29 is 9.13 Å². The molecule has 0 radical (unpaired) electrons. The first-order chi connectivity index (χ1) is 8.20. The second kappa shape index (κ2) is 8.72. The summed E-state index contributed by atoms with van der Waals surface area (Å²) in [6, 6.07) is 6.83. The molecule has 19 heavy (non-hydrogen) atoms. The van der Waals surface area contributed by atoms with E-state index in [1.54, 1.807) is 19.2 Å². The third kappa shape index (κ3) is 4.89. The normalized spacial score (nSPS) is 22.7. The molecule has 0 aromatic heterocycles. The van der Waals surface area contributed by atoms with Gasteiger partial charge in [0.05, 0.1) is 6.61 Å². The summed E-state index contributed by atoms with van der Waals surface area (Å²) in [4.78, 5) is 2.27. The van der Waals surface area contributed by atoms with Crippen LogP contribution in [0.1, 0.15) is 11.5 Å². The number of hydrogen-bond donors (Lipinski definition) is 1. The summed E-state index contributed by atoms with van der Waals surface area (Å²) in [5.41, 5.74) is 7.12. The highest BCUT2D eigenvalue weighted by Crippen LogP contribution is 2.26. The van der Waals surface area contributed by atoms with E-state index < -0.39 is 0 Å². The number of benzene rings is 1. The van der Waals surface area contributed by atoms with Gasteiger partial charge < -0.3 is 10.5 Å². The predicted octanol–water partition coefficient (Wildman–Crippen LogP) is 2.04. The molecule has 6 heteroatoms. The van der Waals surface area contributed by atoms with E-state index in [4.69, 9.17) is 10.5 Å². The van der Waals surface area contributed by atoms with Crippen LogP contribution in [0.2, 0.25) is 0 Å². The molecule has 0 bridgehead atoms. The topological polar surface area (TPSA) is 38.5 Å². The van der Waals surface area contributed by atoms with Crippen molar-refractivity contribution in [3.63, 3.8) is 0 Å². The Hall–Kier alpha value is -0.390. The van der Waals surface area contributed by atoms with Gasteiger partial charge in [-0.2, -0.15) is 0 Å². The quantitative estimate of drug-likeness (QED) is 0.925. The summed E-state index contributed by atoms with van der Waals surface area (Å²) in [7, 11) is 1.69. The van der Waals surface area contributed by atoms with Gasteiger partial charge in [-0.1, -0.05) is 12.1 Å². The molecule has 2 rings (SSSR count). The van der Waals surface area contributed by atoms with Gasteiger partial charge in [0.25, 0.3) is 0 Å². The Balaban J connectivity index is 0.00000162. The highest BCUT2D eigenvalue weighted by Gasteiger charge is 2.30. The molecule has 1 aliphatic heterocycles. The van der Waals surface area contributed by atoms with Crippen LogP contribution < -0.4 is 5.73 Å². The van der Waals surface area contributed by atoms with E-state index >= 15 is 0 Å². The van der Waals surface area contributed by atoms with Crippen molar-refractivity contribution in [1.29, 1.82) is 0 Å². The fourth-order valence-corrected chi connectivity index (χ4v) is 2.41. The number of rotatable bonds is 4. The van der Waals surface area contributed by atoms with Gasteiger partial charge in [0.15, 0.2) is 0 Å². The number of nitrogens with zero attached hydrogens (tertiary/aromatic N) is 1. The zero-order valence-corrected chi connectivity index (χ0v) is 12.6. The molecule has 0 spiro atoms. The van der Waals surface area contributed by atoms with Gasteiger partial charge in [0.2, 0.25) is 0 Å². The van der Waals surface area contributed by atoms with Crippen LogP contribution in [0.15, 0.2) is 24.3 Å². The van der Waals surface area contributed by atoms with Gasteiger partial charge in [-0.15, -0.1) is 24.8 Å². The maximum atomic E-state index is 13.2. The molecule has 3 nitrogen and oxygen atoms in total. The van der Waals surface area contributed by atoms with Crippen molar-refractivity contribution in [2.45, 2.75) is 12.0 Å². The minimum Gasteiger partial charge on any atom is -0.383 e. The van der Waals surface area contributed by atoms with Crippen molar-refractivity contribution in [2.75, 3.05) is 33.4 Å². The lowest BCUT2D eigenvalue weighted by Crippen LogP contribution is -2.30. The molecule has 1 aromatic rings. The molecule has 0 aliphatic carbocycles. The molecule has 0 amide bonds. The van der Waals surface area contributed by atoms with Gasteiger partial charge in [0.1, 0.15) is 5.82 Å². The molecule has 2 N–H and O–H groups in total. The summed E-state index contributed by atoms with van der Waals surface area (Å²) in [6.07, 6.45) is 0. The zero-order valence-electron chi connectivity index (χ0n) is 10.9. The van der Waals surface area contributed by atoms with E-state index in [1.165, 1.54) is 6.07 Å². The lowest BCUT2D eigenvalue weighted by molar-refractivity contribution is 0.160. The maximum Gasteiger partial charge on any atom is 0.123 e. The molecule has 1 heterocycles. The fraction of sp³-hybridized carbons (Fsp3) is 0.538. The molecule has 1 aromatic carbocycles.